The van der Waals surface area contributed by atoms with Crippen molar-refractivity contribution in [2.45, 2.75) is 187 Å². The Morgan fingerprint density at radius 3 is 1.32 bits per heavy atom. The fourth-order valence-corrected chi connectivity index (χ4v) is 13.9. The van der Waals surface area contributed by atoms with Crippen molar-refractivity contribution in [2.24, 2.45) is 0 Å². The van der Waals surface area contributed by atoms with Crippen LogP contribution in [0.3, 0.4) is 0 Å². The molecule has 0 spiro atoms. The van der Waals surface area contributed by atoms with Gasteiger partial charge in [-0.05, 0) is 19.9 Å². The molecule has 8 N–H and O–H groups in total. The summed E-state index contributed by atoms with van der Waals surface area (Å²) in [5.41, 5.74) is 0. The Kier molecular flexibility index (Phi) is 60.2. The maximum Gasteiger partial charge on any atom is 1.00 e. The minimum Gasteiger partial charge on any atom is -0.726 e. The van der Waals surface area contributed by atoms with Gasteiger partial charge in [0.2, 0.25) is 95.0 Å². The van der Waals surface area contributed by atoms with E-state index in [9.17, 15) is 154 Å². The minimum absolute atomic E-state index is 0. The average Bonchev–Trinajstić information content (AvgIpc) is 0.762. The Bertz CT molecular complexity index is 4060. The third-order valence-electron chi connectivity index (χ3n) is 14.2. The van der Waals surface area contributed by atoms with Gasteiger partial charge in [-0.2, -0.15) is 0 Å². The van der Waals surface area contributed by atoms with Gasteiger partial charge >= 0.3 is 248 Å². The van der Waals surface area contributed by atoms with Gasteiger partial charge < -0.3 is 135 Å². The van der Waals surface area contributed by atoms with Crippen molar-refractivity contribution in [1.29, 1.82) is 0 Å². The maximum absolute atomic E-state index is 14.4. The van der Waals surface area contributed by atoms with E-state index in [-0.39, 0.29) is 243 Å². The molecule has 626 valence electrons. The molecule has 0 bridgehead atoms. The first kappa shape index (κ1) is 127. The Morgan fingerprint density at radius 2 is 0.904 bits per heavy atom. The fourth-order valence-electron chi connectivity index (χ4n) is 10.2. The molecule has 4 fully saturated rings. The van der Waals surface area contributed by atoms with E-state index in [1.807, 2.05) is 10.6 Å². The number of amides is 2. The molecule has 4 aliphatic heterocycles. The molecule has 0 radical (unpaired) electrons. The summed E-state index contributed by atoms with van der Waals surface area (Å²) in [6.07, 6.45) is -69.7. The molecule has 11 unspecified atom stereocenters. The van der Waals surface area contributed by atoms with Gasteiger partial charge in [-0.15, -0.1) is 0 Å². The van der Waals surface area contributed by atoms with E-state index in [2.05, 4.69) is 38.2 Å². The number of carbonyl (C=O) groups is 4. The van der Waals surface area contributed by atoms with Crippen molar-refractivity contribution < 1.29 is 480 Å². The van der Waals surface area contributed by atoms with Crippen LogP contribution in [0.25, 0.3) is 0 Å². The van der Waals surface area contributed by atoms with Gasteiger partial charge in [0.1, 0.15) is 97.6 Å². The first-order chi connectivity index (χ1) is 48.7. The monoisotopic (exact) mass is 1910 g/mol. The summed E-state index contributed by atoms with van der Waals surface area (Å²) in [7, 11) is -47.6. The van der Waals surface area contributed by atoms with Crippen LogP contribution >= 0.6 is 0 Å². The van der Waals surface area contributed by atoms with Gasteiger partial charge in [-0.1, -0.05) is 0 Å². The molecule has 0 saturated carbocycles. The van der Waals surface area contributed by atoms with E-state index in [0.717, 1.165) is 14.0 Å². The number of hydrogen-bond acceptors (Lipinski definition) is 54. The van der Waals surface area contributed by atoms with Gasteiger partial charge in [0, 0.05) is 21.0 Å². The number of methoxy groups -OCH3 is 3. The smallest absolute Gasteiger partial charge is 0.726 e. The fraction of sp³-hybridized carbons (Fsp3) is 0.860. The largest absolute Gasteiger partial charge is 1.00 e. The zero-order chi connectivity index (χ0) is 82.0. The van der Waals surface area contributed by atoms with Crippen LogP contribution in [-0.2, 0) is 193 Å². The number of ether oxygens (including phenoxy) is 12. The summed E-state index contributed by atoms with van der Waals surface area (Å²) in [5, 5.41) is 72.8. The second-order valence-corrected chi connectivity index (χ2v) is 30.1. The van der Waals surface area contributed by atoms with Gasteiger partial charge in [-0.3, -0.25) is 43.1 Å². The number of carbonyl (C=O) groups excluding carboxylic acids is 4. The first-order valence-corrected chi connectivity index (χ1v) is 39.2. The molecule has 2 amide bonds. The molecule has 0 aromatic carbocycles. The molecule has 4 heterocycles. The van der Waals surface area contributed by atoms with Gasteiger partial charge in [0.15, 0.2) is 49.2 Å². The number of rotatable bonds is 40. The average molecular weight is 1910 g/mol. The molecule has 4 rings (SSSR count). The molecule has 56 nitrogen and oxygen atoms in total. The van der Waals surface area contributed by atoms with Crippen LogP contribution in [0, 0.1) is 0 Å². The number of esters is 2. The van der Waals surface area contributed by atoms with Crippen LogP contribution in [-0.4, -0.2) is 365 Å². The van der Waals surface area contributed by atoms with Gasteiger partial charge in [0.05, 0.1) is 58.9 Å². The predicted molar refractivity (Wildman–Crippen MR) is 306 cm³/mol. The molecule has 72 heteroatoms. The van der Waals surface area contributed by atoms with Gasteiger partial charge in [0.25, 0.3) is 0 Å². The molecule has 0 aliphatic carbocycles. The van der Waals surface area contributed by atoms with Crippen molar-refractivity contribution in [3.05, 3.63) is 11.8 Å². The molecular weight excluding hydrogens is 1850 g/mol. The van der Waals surface area contributed by atoms with Crippen LogP contribution in [0.4, 0.5) is 0 Å². The second kappa shape index (κ2) is 54.4. The first-order valence-electron chi connectivity index (χ1n) is 28.6. The summed E-state index contributed by atoms with van der Waals surface area (Å²) >= 11 is 0. The second-order valence-electron chi connectivity index (χ2n) is 21.9. The van der Waals surface area contributed by atoms with Crippen molar-refractivity contribution in [3.63, 3.8) is 0 Å². The van der Waals surface area contributed by atoms with Crippen LogP contribution < -0.4 is 247 Å². The Hall–Kier alpha value is 3.78. The number of aliphatic hydroxyl groups is 6. The molecule has 26 atom stereocenters. The Morgan fingerprint density at radius 1 is 0.461 bits per heavy atom. The molecule has 0 aromatic rings. The molecular formula is C43H64N2Na8O54S8. The van der Waals surface area contributed by atoms with E-state index in [0.29, 0.717) is 35.0 Å². The topological polar surface area (TPSA) is 856 Å². The number of nitrogens with one attached hydrogen (secondary N) is 2. The number of hydrogen-bond donors (Lipinski definition) is 8. The van der Waals surface area contributed by atoms with Crippen LogP contribution in [0.15, 0.2) is 11.8 Å². The zero-order valence-electron chi connectivity index (χ0n) is 62.5. The molecule has 4 saturated heterocycles. The Labute approximate surface area is 832 Å². The normalized spacial score (nSPS) is 29.9. The summed E-state index contributed by atoms with van der Waals surface area (Å²) < 4.78 is 388. The SMILES string of the molecule is COCC(NC(C)=O)[C@@H](O[C@@H]1OC(C(=O)OC)[C@@H](O[C@@H]2OC(COS(=O)(=O)[O-])[C@H](OS(=O)(=O)[O-])[C@H](OCC(O)[C@H](/C=C(\O)C(=O)OC)O[C@@H]3OC(C)[C@@H](OS(=O)(=O)[O-])[C@H](O)C3OS(=O)(=O)[O-])C2NC(C)=O)C(O[C@@H]2OC(C)[C@@H](OS(=O)(=O)[O-])[C@H](O)C2OS(=O)(=O)[O-])[C@@H]1O)[C@@H](OS(=O)(=O)[O-])C(O)COS(=O)(=O)[O-].[Na+].[Na+].[Na+].[Na+].[Na+].[Na+].[Na+].[Na+]. The van der Waals surface area contributed by atoms with Crippen molar-refractivity contribution in [2.75, 3.05) is 47.8 Å². The summed E-state index contributed by atoms with van der Waals surface area (Å²) in [4.78, 5) is 53.0. The van der Waals surface area contributed by atoms with E-state index < -0.39 is 298 Å². The minimum atomic E-state index is -6.45. The van der Waals surface area contributed by atoms with Crippen LogP contribution in [0.5, 0.6) is 0 Å². The third kappa shape index (κ3) is 43.8. The van der Waals surface area contributed by atoms with Gasteiger partial charge in [-0.25, -0.2) is 76.9 Å². The van der Waals surface area contributed by atoms with Crippen LogP contribution in [0.1, 0.15) is 27.7 Å². The van der Waals surface area contributed by atoms with E-state index in [4.69, 9.17) is 52.1 Å². The van der Waals surface area contributed by atoms with E-state index >= 15 is 0 Å². The zero-order valence-corrected chi connectivity index (χ0v) is 85.0. The predicted octanol–water partition coefficient (Wildman–Crippen LogP) is -37.8. The maximum atomic E-state index is 14.4. The molecule has 4 aliphatic rings. The standard InChI is InChI=1S/C43H72N2O54S8.8Na/c1-13-27(94-102(62,63)64)24(51)34(98-106(74,75)76)42(86-13)88-21(8-18(48)38(54)81-6)19(49)10-83-32-23(45-16(4)47)40(89-22(12-85-101(59,60)61)31(32)97-105(71,72)73)92-36-33(91-43-35(99-107(77,78)79)25(52)28(14(2)87-43)95-103(65,66)67)26(53)41(93-37(36)39(55)82-7)90-29(17(9-80-5)44-15(3)46)30(96-104(68,69)70)20(50)11-84-100(56,57)58;;;;;;;;/h8,13-14,17,19-37,40-43,48-53H,9-12H2,1-7H3,(H,44,46)(H,45,47)(H,56,57,58)(H,59,60,61)(H,62,63,64)(H,65,66,67)(H,68,69,70)(H,71,72,73)(H,74,75,76)(H,77,78,79);;;;;;;;/q;8*+1/p-8/b18-8-;;;;;;;;/t13?,14?,17?,19?,20?,21-,22?,23?,24-,25-,26-,27+,28+,29+,30-,31-,32+,33?,34?,35?,36-,37?,40-,41+,42-,43-;;;;;;;;/m0......../s1. The summed E-state index contributed by atoms with van der Waals surface area (Å²) in [6, 6.07) is -5.01. The Balaban J connectivity index is -0.00000504. The van der Waals surface area contributed by atoms with Crippen molar-refractivity contribution >= 4 is 107 Å². The van der Waals surface area contributed by atoms with Crippen molar-refractivity contribution in [1.82, 2.24) is 10.6 Å². The molecule has 0 aromatic heterocycles. The summed E-state index contributed by atoms with van der Waals surface area (Å²) in [6.45, 7) is -4.21. The van der Waals surface area contributed by atoms with Crippen molar-refractivity contribution in [3.8, 4) is 0 Å². The third-order valence-corrected chi connectivity index (χ3v) is 17.8. The van der Waals surface area contributed by atoms with E-state index in [1.165, 1.54) is 0 Å². The number of aliphatic hydroxyl groups excluding tert-OH is 6. The van der Waals surface area contributed by atoms with E-state index in [1.54, 1.807) is 0 Å². The summed E-state index contributed by atoms with van der Waals surface area (Å²) in [5.74, 6) is -8.17. The quantitative estimate of drug-likeness (QED) is 0.00705. The molecule has 115 heavy (non-hydrogen) atoms. The van der Waals surface area contributed by atoms with Crippen LogP contribution in [0.2, 0.25) is 0 Å².